The molecule has 7 heteroatoms. The molecule has 6 nitrogen and oxygen atoms in total. The number of nitrogens with zero attached hydrogens (tertiary/aromatic N) is 1. The van der Waals surface area contributed by atoms with E-state index in [1.165, 1.54) is 18.3 Å². The maximum atomic E-state index is 11.5. The fraction of sp³-hybridized carbons (Fsp3) is 0.375. The van der Waals surface area contributed by atoms with Crippen LogP contribution >= 0.6 is 0 Å². The van der Waals surface area contributed by atoms with E-state index in [0.29, 0.717) is 12.1 Å². The highest BCUT2D eigenvalue weighted by atomic mass is 32.2. The van der Waals surface area contributed by atoms with Crippen molar-refractivity contribution in [1.29, 1.82) is 0 Å². The summed E-state index contributed by atoms with van der Waals surface area (Å²) in [5.74, 6) is 0. The number of aliphatic hydroxyl groups excluding tert-OH is 1. The highest BCUT2D eigenvalue weighted by Gasteiger charge is 2.13. The van der Waals surface area contributed by atoms with E-state index in [-0.39, 0.29) is 18.2 Å². The van der Waals surface area contributed by atoms with Crippen molar-refractivity contribution in [3.63, 3.8) is 0 Å². The lowest BCUT2D eigenvalue weighted by Crippen LogP contribution is -2.26. The molecule has 4 N–H and O–H groups in total. The van der Waals surface area contributed by atoms with Crippen LogP contribution in [0.5, 0.6) is 0 Å². The number of anilines is 1. The van der Waals surface area contributed by atoms with Crippen molar-refractivity contribution in [1.82, 2.24) is 9.71 Å². The van der Waals surface area contributed by atoms with Crippen LogP contribution in [-0.4, -0.2) is 31.7 Å². The van der Waals surface area contributed by atoms with Crippen molar-refractivity contribution < 1.29 is 13.5 Å². The molecule has 1 rings (SSSR count). The van der Waals surface area contributed by atoms with Crippen molar-refractivity contribution in [3.8, 4) is 0 Å². The van der Waals surface area contributed by atoms with Crippen LogP contribution in [0.2, 0.25) is 0 Å². The SMILES string of the molecule is Nc1ccc(S(=O)(=O)NCCCO)nc1. The highest BCUT2D eigenvalue weighted by Crippen LogP contribution is 2.06. The molecule has 0 saturated carbocycles. The number of hydrogen-bond donors (Lipinski definition) is 3. The second kappa shape index (κ2) is 5.06. The predicted octanol–water partition coefficient (Wildman–Crippen LogP) is -0.676. The summed E-state index contributed by atoms with van der Waals surface area (Å²) in [6, 6.07) is 2.80. The van der Waals surface area contributed by atoms with E-state index in [1.807, 2.05) is 0 Å². The van der Waals surface area contributed by atoms with Gasteiger partial charge in [-0.05, 0) is 18.6 Å². The fourth-order valence-electron chi connectivity index (χ4n) is 0.910. The molecular formula is C8H13N3O3S. The third kappa shape index (κ3) is 3.46. The molecule has 1 heterocycles. The van der Waals surface area contributed by atoms with Crippen molar-refractivity contribution in [2.24, 2.45) is 0 Å². The van der Waals surface area contributed by atoms with E-state index in [4.69, 9.17) is 10.8 Å². The molecule has 0 radical (unpaired) electrons. The Morgan fingerprint density at radius 3 is 2.73 bits per heavy atom. The van der Waals surface area contributed by atoms with E-state index in [2.05, 4.69) is 9.71 Å². The smallest absolute Gasteiger partial charge is 0.258 e. The third-order valence-electron chi connectivity index (χ3n) is 1.66. The molecule has 1 aromatic heterocycles. The molecule has 0 fully saturated rings. The number of nitrogen functional groups attached to an aromatic ring is 1. The topological polar surface area (TPSA) is 105 Å². The standard InChI is InChI=1S/C8H13N3O3S/c9-7-2-3-8(10-6-7)15(13,14)11-4-1-5-12/h2-3,6,11-12H,1,4-5,9H2. The zero-order valence-corrected chi connectivity index (χ0v) is 8.87. The van der Waals surface area contributed by atoms with Gasteiger partial charge in [0.1, 0.15) is 0 Å². The van der Waals surface area contributed by atoms with E-state index in [0.717, 1.165) is 0 Å². The van der Waals surface area contributed by atoms with Gasteiger partial charge >= 0.3 is 0 Å². The number of nitrogens with one attached hydrogen (secondary N) is 1. The molecule has 0 aliphatic rings. The van der Waals surface area contributed by atoms with Crippen LogP contribution in [0.4, 0.5) is 5.69 Å². The molecule has 0 unspecified atom stereocenters. The minimum absolute atomic E-state index is 0.0579. The summed E-state index contributed by atoms with van der Waals surface area (Å²) in [5.41, 5.74) is 5.79. The van der Waals surface area contributed by atoms with Gasteiger partial charge in [0.2, 0.25) is 0 Å². The van der Waals surface area contributed by atoms with Gasteiger partial charge in [-0.3, -0.25) is 0 Å². The summed E-state index contributed by atoms with van der Waals surface area (Å²) in [5, 5.41) is 8.43. The summed E-state index contributed by atoms with van der Waals surface area (Å²) in [6.45, 7) is 0.128. The first-order valence-electron chi connectivity index (χ1n) is 4.38. The van der Waals surface area contributed by atoms with Crippen LogP contribution in [0, 0.1) is 0 Å². The molecule has 0 saturated heterocycles. The summed E-state index contributed by atoms with van der Waals surface area (Å²) in [7, 11) is -3.58. The molecule has 0 spiro atoms. The Labute approximate surface area is 88.2 Å². The van der Waals surface area contributed by atoms with Crippen LogP contribution in [0.15, 0.2) is 23.4 Å². The summed E-state index contributed by atoms with van der Waals surface area (Å²) in [6.07, 6.45) is 1.65. The van der Waals surface area contributed by atoms with Crippen LogP contribution in [0.3, 0.4) is 0 Å². The molecular weight excluding hydrogens is 218 g/mol. The fourth-order valence-corrected chi connectivity index (χ4v) is 1.91. The van der Waals surface area contributed by atoms with Gasteiger partial charge in [-0.15, -0.1) is 0 Å². The van der Waals surface area contributed by atoms with Crippen LogP contribution in [-0.2, 0) is 10.0 Å². The van der Waals surface area contributed by atoms with E-state index >= 15 is 0 Å². The lowest BCUT2D eigenvalue weighted by Gasteiger charge is -2.04. The Hall–Kier alpha value is -1.18. The highest BCUT2D eigenvalue weighted by molar-refractivity contribution is 7.89. The average Bonchev–Trinajstić information content (AvgIpc) is 2.18. The first kappa shape index (κ1) is 11.9. The number of aromatic nitrogens is 1. The second-order valence-electron chi connectivity index (χ2n) is 2.90. The van der Waals surface area contributed by atoms with Crippen molar-refractivity contribution in [2.45, 2.75) is 11.4 Å². The number of pyridine rings is 1. The molecule has 15 heavy (non-hydrogen) atoms. The molecule has 0 bridgehead atoms. The van der Waals surface area contributed by atoms with Gasteiger partial charge < -0.3 is 10.8 Å². The minimum atomic E-state index is -3.58. The zero-order valence-electron chi connectivity index (χ0n) is 8.05. The third-order valence-corrected chi connectivity index (χ3v) is 3.04. The molecule has 1 aromatic rings. The lowest BCUT2D eigenvalue weighted by atomic mass is 10.4. The van der Waals surface area contributed by atoms with Gasteiger partial charge in [0.05, 0.1) is 11.9 Å². The number of hydrogen-bond acceptors (Lipinski definition) is 5. The molecule has 0 amide bonds. The Morgan fingerprint density at radius 1 is 1.47 bits per heavy atom. The number of sulfonamides is 1. The second-order valence-corrected chi connectivity index (χ2v) is 4.62. The lowest BCUT2D eigenvalue weighted by molar-refractivity contribution is 0.289. The minimum Gasteiger partial charge on any atom is -0.397 e. The number of rotatable bonds is 5. The monoisotopic (exact) mass is 231 g/mol. The summed E-state index contributed by atoms with van der Waals surface area (Å²) in [4.78, 5) is 3.69. The molecule has 0 aliphatic carbocycles. The van der Waals surface area contributed by atoms with Gasteiger partial charge in [-0.1, -0.05) is 0 Å². The quantitative estimate of drug-likeness (QED) is 0.582. The first-order chi connectivity index (χ1) is 7.06. The summed E-state index contributed by atoms with van der Waals surface area (Å²) >= 11 is 0. The number of aliphatic hydroxyl groups is 1. The normalized spacial score (nSPS) is 11.5. The van der Waals surface area contributed by atoms with Crippen molar-refractivity contribution in [3.05, 3.63) is 18.3 Å². The van der Waals surface area contributed by atoms with E-state index < -0.39 is 10.0 Å². The van der Waals surface area contributed by atoms with Gasteiger partial charge in [-0.25, -0.2) is 18.1 Å². The van der Waals surface area contributed by atoms with Crippen molar-refractivity contribution >= 4 is 15.7 Å². The van der Waals surface area contributed by atoms with Gasteiger partial charge in [0, 0.05) is 13.2 Å². The molecule has 0 atom stereocenters. The maximum Gasteiger partial charge on any atom is 0.258 e. The van der Waals surface area contributed by atoms with Crippen LogP contribution in [0.25, 0.3) is 0 Å². The van der Waals surface area contributed by atoms with Gasteiger partial charge in [0.25, 0.3) is 10.0 Å². The Balaban J connectivity index is 2.73. The first-order valence-corrected chi connectivity index (χ1v) is 5.86. The molecule has 0 aliphatic heterocycles. The Morgan fingerprint density at radius 2 is 2.20 bits per heavy atom. The van der Waals surface area contributed by atoms with Crippen molar-refractivity contribution in [2.75, 3.05) is 18.9 Å². The summed E-state index contributed by atoms with van der Waals surface area (Å²) < 4.78 is 25.3. The predicted molar refractivity (Wildman–Crippen MR) is 55.5 cm³/mol. The van der Waals surface area contributed by atoms with Crippen LogP contribution in [0.1, 0.15) is 6.42 Å². The Kier molecular flexibility index (Phi) is 4.01. The average molecular weight is 231 g/mol. The van der Waals surface area contributed by atoms with E-state index in [9.17, 15) is 8.42 Å². The molecule has 0 aromatic carbocycles. The number of nitrogens with two attached hydrogens (primary N) is 1. The maximum absolute atomic E-state index is 11.5. The van der Waals surface area contributed by atoms with Crippen LogP contribution < -0.4 is 10.5 Å². The molecule has 84 valence electrons. The van der Waals surface area contributed by atoms with Gasteiger partial charge in [0.15, 0.2) is 5.03 Å². The zero-order chi connectivity index (χ0) is 11.3. The Bertz CT molecular complexity index is 402. The van der Waals surface area contributed by atoms with E-state index in [1.54, 1.807) is 0 Å². The largest absolute Gasteiger partial charge is 0.397 e. The van der Waals surface area contributed by atoms with Gasteiger partial charge in [-0.2, -0.15) is 0 Å².